The number of benzene rings is 2. The van der Waals surface area contributed by atoms with Crippen LogP contribution in [0.25, 0.3) is 0 Å². The monoisotopic (exact) mass is 283 g/mol. The van der Waals surface area contributed by atoms with Crippen LogP contribution in [0.3, 0.4) is 0 Å². The van der Waals surface area contributed by atoms with Gasteiger partial charge in [0.1, 0.15) is 5.82 Å². The summed E-state index contributed by atoms with van der Waals surface area (Å²) in [5.74, 6) is 0.295. The largest absolute Gasteiger partial charge is 0.313 e. The lowest BCUT2D eigenvalue weighted by atomic mass is 9.91. The van der Waals surface area contributed by atoms with Crippen molar-refractivity contribution >= 4 is 0 Å². The van der Waals surface area contributed by atoms with Crippen LogP contribution in [0.1, 0.15) is 35.4 Å². The minimum Gasteiger partial charge on any atom is -0.313 e. The lowest BCUT2D eigenvalue weighted by molar-refractivity contribution is 0.572. The van der Waals surface area contributed by atoms with Gasteiger partial charge in [-0.3, -0.25) is 0 Å². The first kappa shape index (κ1) is 14.3. The first-order valence-electron chi connectivity index (χ1n) is 7.76. The smallest absolute Gasteiger partial charge is 0.126 e. The summed E-state index contributed by atoms with van der Waals surface area (Å²) in [6, 6.07) is 16.8. The van der Waals surface area contributed by atoms with E-state index in [4.69, 9.17) is 0 Å². The van der Waals surface area contributed by atoms with Crippen LogP contribution in [0.5, 0.6) is 0 Å². The fourth-order valence-corrected chi connectivity index (χ4v) is 2.68. The number of hydrogen-bond acceptors (Lipinski definition) is 1. The van der Waals surface area contributed by atoms with E-state index in [0.29, 0.717) is 17.5 Å². The summed E-state index contributed by atoms with van der Waals surface area (Å²) < 4.78 is 13.7. The Morgan fingerprint density at radius 1 is 1.14 bits per heavy atom. The molecule has 1 saturated carbocycles. The third-order valence-corrected chi connectivity index (χ3v) is 4.22. The number of rotatable bonds is 6. The maximum atomic E-state index is 13.7. The molecule has 0 saturated heterocycles. The summed E-state index contributed by atoms with van der Waals surface area (Å²) in [4.78, 5) is 0. The first-order chi connectivity index (χ1) is 10.2. The molecule has 1 aliphatic carbocycles. The molecule has 1 unspecified atom stereocenters. The van der Waals surface area contributed by atoms with Gasteiger partial charge in [0, 0.05) is 18.5 Å². The average Bonchev–Trinajstić information content (AvgIpc) is 3.32. The first-order valence-corrected chi connectivity index (χ1v) is 7.76. The van der Waals surface area contributed by atoms with Crippen molar-refractivity contribution in [3.05, 3.63) is 71.0 Å². The minimum atomic E-state index is -0.102. The molecular weight excluding hydrogens is 261 g/mol. The van der Waals surface area contributed by atoms with Gasteiger partial charge < -0.3 is 5.32 Å². The summed E-state index contributed by atoms with van der Waals surface area (Å²) in [6.07, 6.45) is 3.46. The van der Waals surface area contributed by atoms with Gasteiger partial charge in [-0.1, -0.05) is 42.5 Å². The second-order valence-electron chi connectivity index (χ2n) is 6.08. The molecule has 1 atom stereocenters. The molecule has 2 aromatic carbocycles. The molecule has 110 valence electrons. The summed E-state index contributed by atoms with van der Waals surface area (Å²) in [5.41, 5.74) is 3.11. The standard InChI is InChI=1S/C19H22FN/c1-14-7-8-15(12-19(14)20)11-17(13-21-18-9-10-18)16-5-3-2-4-6-16/h2-8,12,17-18,21H,9-11,13H2,1H3. The Bertz CT molecular complexity index is 590. The molecule has 0 bridgehead atoms. The molecule has 0 heterocycles. The van der Waals surface area contributed by atoms with Crippen molar-refractivity contribution in [1.82, 2.24) is 5.32 Å². The third-order valence-electron chi connectivity index (χ3n) is 4.22. The van der Waals surface area contributed by atoms with Crippen molar-refractivity contribution in [3.63, 3.8) is 0 Å². The quantitative estimate of drug-likeness (QED) is 0.837. The zero-order chi connectivity index (χ0) is 14.7. The number of aryl methyl sites for hydroxylation is 1. The lowest BCUT2D eigenvalue weighted by Crippen LogP contribution is -2.24. The van der Waals surface area contributed by atoms with Crippen LogP contribution in [0.2, 0.25) is 0 Å². The van der Waals surface area contributed by atoms with Crippen LogP contribution >= 0.6 is 0 Å². The lowest BCUT2D eigenvalue weighted by Gasteiger charge is -2.18. The summed E-state index contributed by atoms with van der Waals surface area (Å²) in [6.45, 7) is 2.77. The molecule has 0 radical (unpaired) electrons. The maximum Gasteiger partial charge on any atom is 0.126 e. The molecule has 0 aliphatic heterocycles. The van der Waals surface area contributed by atoms with Crippen molar-refractivity contribution in [2.24, 2.45) is 0 Å². The number of nitrogens with one attached hydrogen (secondary N) is 1. The van der Waals surface area contributed by atoms with Gasteiger partial charge in [-0.05, 0) is 48.9 Å². The zero-order valence-electron chi connectivity index (χ0n) is 12.5. The summed E-state index contributed by atoms with van der Waals surface area (Å²) >= 11 is 0. The predicted octanol–water partition coefficient (Wildman–Crippen LogP) is 4.21. The predicted molar refractivity (Wildman–Crippen MR) is 85.0 cm³/mol. The highest BCUT2D eigenvalue weighted by molar-refractivity contribution is 5.27. The van der Waals surface area contributed by atoms with Crippen molar-refractivity contribution in [1.29, 1.82) is 0 Å². The van der Waals surface area contributed by atoms with Crippen molar-refractivity contribution in [2.75, 3.05) is 6.54 Å². The van der Waals surface area contributed by atoms with E-state index in [-0.39, 0.29) is 5.82 Å². The van der Waals surface area contributed by atoms with Crippen LogP contribution in [0.15, 0.2) is 48.5 Å². The van der Waals surface area contributed by atoms with Crippen LogP contribution in [-0.2, 0) is 6.42 Å². The molecule has 3 rings (SSSR count). The van der Waals surface area contributed by atoms with E-state index in [1.54, 1.807) is 6.07 Å². The zero-order valence-corrected chi connectivity index (χ0v) is 12.5. The highest BCUT2D eigenvalue weighted by Gasteiger charge is 2.22. The van der Waals surface area contributed by atoms with Gasteiger partial charge in [-0.2, -0.15) is 0 Å². The third kappa shape index (κ3) is 3.92. The Morgan fingerprint density at radius 2 is 1.90 bits per heavy atom. The Labute approximate surface area is 126 Å². The molecule has 1 fully saturated rings. The van der Waals surface area contributed by atoms with Gasteiger partial charge in [-0.25, -0.2) is 4.39 Å². The number of halogens is 1. The van der Waals surface area contributed by atoms with Gasteiger partial charge in [0.15, 0.2) is 0 Å². The average molecular weight is 283 g/mol. The van der Waals surface area contributed by atoms with Crippen LogP contribution in [0.4, 0.5) is 4.39 Å². The molecule has 0 spiro atoms. The normalized spacial score (nSPS) is 15.9. The Hall–Kier alpha value is -1.67. The van der Waals surface area contributed by atoms with E-state index in [1.807, 2.05) is 25.1 Å². The Balaban J connectivity index is 1.75. The van der Waals surface area contributed by atoms with E-state index in [1.165, 1.54) is 18.4 Å². The van der Waals surface area contributed by atoms with Crippen LogP contribution in [0, 0.1) is 12.7 Å². The van der Waals surface area contributed by atoms with E-state index < -0.39 is 0 Å². The van der Waals surface area contributed by atoms with Gasteiger partial charge in [-0.15, -0.1) is 0 Å². The van der Waals surface area contributed by atoms with E-state index >= 15 is 0 Å². The van der Waals surface area contributed by atoms with Crippen molar-refractivity contribution in [3.8, 4) is 0 Å². The fourth-order valence-electron chi connectivity index (χ4n) is 2.68. The Kier molecular flexibility index (Phi) is 4.35. The van der Waals surface area contributed by atoms with E-state index in [9.17, 15) is 4.39 Å². The fraction of sp³-hybridized carbons (Fsp3) is 0.368. The number of hydrogen-bond donors (Lipinski definition) is 1. The summed E-state index contributed by atoms with van der Waals surface area (Å²) in [7, 11) is 0. The molecule has 0 aromatic heterocycles. The summed E-state index contributed by atoms with van der Waals surface area (Å²) in [5, 5.41) is 3.61. The molecule has 1 aliphatic rings. The molecular formula is C19H22FN. The second-order valence-corrected chi connectivity index (χ2v) is 6.08. The van der Waals surface area contributed by atoms with Gasteiger partial charge >= 0.3 is 0 Å². The second kappa shape index (κ2) is 6.40. The topological polar surface area (TPSA) is 12.0 Å². The highest BCUT2D eigenvalue weighted by atomic mass is 19.1. The van der Waals surface area contributed by atoms with Crippen LogP contribution in [-0.4, -0.2) is 12.6 Å². The molecule has 0 amide bonds. The SMILES string of the molecule is Cc1ccc(CC(CNC2CC2)c2ccccc2)cc1F. The van der Waals surface area contributed by atoms with E-state index in [0.717, 1.165) is 18.5 Å². The Morgan fingerprint density at radius 3 is 2.57 bits per heavy atom. The maximum absolute atomic E-state index is 13.7. The van der Waals surface area contributed by atoms with Gasteiger partial charge in [0.05, 0.1) is 0 Å². The molecule has 1 N–H and O–H groups in total. The molecule has 2 aromatic rings. The van der Waals surface area contributed by atoms with Gasteiger partial charge in [0.2, 0.25) is 0 Å². The molecule has 21 heavy (non-hydrogen) atoms. The van der Waals surface area contributed by atoms with Crippen molar-refractivity contribution < 1.29 is 4.39 Å². The molecule has 1 nitrogen and oxygen atoms in total. The van der Waals surface area contributed by atoms with Crippen LogP contribution < -0.4 is 5.32 Å². The van der Waals surface area contributed by atoms with Gasteiger partial charge in [0.25, 0.3) is 0 Å². The van der Waals surface area contributed by atoms with E-state index in [2.05, 4.69) is 29.6 Å². The molecule has 2 heteroatoms. The van der Waals surface area contributed by atoms with Crippen molar-refractivity contribution in [2.45, 2.75) is 38.1 Å². The highest BCUT2D eigenvalue weighted by Crippen LogP contribution is 2.24. The minimum absolute atomic E-state index is 0.102.